The molecular formula is C31H31N5O5. The van der Waals surface area contributed by atoms with Crippen molar-refractivity contribution in [2.45, 2.75) is 53.4 Å². The van der Waals surface area contributed by atoms with Crippen molar-refractivity contribution < 1.29 is 24.6 Å². The van der Waals surface area contributed by atoms with E-state index in [1.165, 1.54) is 0 Å². The fraction of sp³-hybridized carbons (Fsp3) is 0.258. The summed E-state index contributed by atoms with van der Waals surface area (Å²) in [6.07, 6.45) is 2.33. The Morgan fingerprint density at radius 2 is 1.46 bits per heavy atom. The Bertz CT molecular complexity index is 1870. The summed E-state index contributed by atoms with van der Waals surface area (Å²) >= 11 is 0. The maximum absolute atomic E-state index is 12.7. The van der Waals surface area contributed by atoms with Crippen molar-refractivity contribution in [2.24, 2.45) is 5.73 Å². The monoisotopic (exact) mass is 553 g/mol. The van der Waals surface area contributed by atoms with E-state index < -0.39 is 17.8 Å². The molecule has 41 heavy (non-hydrogen) atoms. The predicted octanol–water partition coefficient (Wildman–Crippen LogP) is 5.40. The van der Waals surface area contributed by atoms with Gasteiger partial charge in [-0.1, -0.05) is 0 Å². The topological polar surface area (TPSA) is 175 Å². The lowest BCUT2D eigenvalue weighted by atomic mass is 10.0. The Kier molecular flexibility index (Phi) is 7.08. The van der Waals surface area contributed by atoms with Crippen LogP contribution in [-0.4, -0.2) is 48.0 Å². The number of primary amides is 1. The molecule has 3 aromatic heterocycles. The minimum atomic E-state index is -0.911. The van der Waals surface area contributed by atoms with Crippen molar-refractivity contribution in [3.63, 3.8) is 0 Å². The first kappa shape index (κ1) is 27.6. The standard InChI is InChI=1S/C31H31N5O5/c1-14-10-26-29(31(32)41)30-15(2)9-18(33-30)11-22-16(3)19(5-7-27(37)38)24(35-22)13-25-20(6-8-28(39)40)17(4)23(36-25)12-21(14)34-26/h9-13,34-35H,5-8H2,1-4H3,(H2,32,41)(H,37,38)(H,39,40). The lowest BCUT2D eigenvalue weighted by Gasteiger charge is -2.03. The minimum absolute atomic E-state index is 0.0552. The zero-order chi connectivity index (χ0) is 29.6. The maximum atomic E-state index is 12.7. The van der Waals surface area contributed by atoms with Gasteiger partial charge in [0, 0.05) is 29.4 Å². The molecule has 2 aliphatic rings. The largest absolute Gasteiger partial charge is 0.481 e. The summed E-state index contributed by atoms with van der Waals surface area (Å²) in [5.41, 5.74) is 16.2. The number of aromatic nitrogens is 4. The third kappa shape index (κ3) is 5.28. The Morgan fingerprint density at radius 3 is 2.15 bits per heavy atom. The molecule has 0 atom stereocenters. The van der Waals surface area contributed by atoms with E-state index in [0.717, 1.165) is 44.4 Å². The van der Waals surface area contributed by atoms with Crippen molar-refractivity contribution in [3.05, 3.63) is 69.3 Å². The summed E-state index contributed by atoms with van der Waals surface area (Å²) < 4.78 is 0. The summed E-state index contributed by atoms with van der Waals surface area (Å²) in [6.45, 7) is 7.61. The summed E-state index contributed by atoms with van der Waals surface area (Å²) in [6, 6.07) is 7.46. The fourth-order valence-electron chi connectivity index (χ4n) is 5.46. The minimum Gasteiger partial charge on any atom is -0.481 e. The molecule has 0 aliphatic carbocycles. The van der Waals surface area contributed by atoms with Crippen LogP contribution in [0.25, 0.3) is 44.9 Å². The molecule has 0 saturated heterocycles. The highest BCUT2D eigenvalue weighted by Gasteiger charge is 2.21. The molecule has 3 aromatic rings. The van der Waals surface area contributed by atoms with Crippen molar-refractivity contribution in [3.8, 4) is 0 Å². The van der Waals surface area contributed by atoms with Crippen LogP contribution in [0.3, 0.4) is 0 Å². The molecular weight excluding hydrogens is 522 g/mol. The molecule has 1 amide bonds. The van der Waals surface area contributed by atoms with Crippen molar-refractivity contribution in [2.75, 3.05) is 0 Å². The summed E-state index contributed by atoms with van der Waals surface area (Å²) in [7, 11) is 0. The average Bonchev–Trinajstić information content (AvgIpc) is 3.58. The number of carboxylic acid groups (broad SMARTS) is 2. The number of aliphatic carboxylic acids is 2. The van der Waals surface area contributed by atoms with Gasteiger partial charge in [-0.05, 0) is 104 Å². The zero-order valence-electron chi connectivity index (χ0n) is 23.3. The van der Waals surface area contributed by atoms with E-state index in [2.05, 4.69) is 9.97 Å². The number of nitrogens with zero attached hydrogens (tertiary/aromatic N) is 2. The van der Waals surface area contributed by atoms with Crippen molar-refractivity contribution >= 4 is 62.7 Å². The van der Waals surface area contributed by atoms with E-state index in [1.54, 1.807) is 0 Å². The SMILES string of the molecule is CC1=Cc2cc3[nH]c(cc4nc(cc5[nH]c(cc5C)c(C(N)=O)c1n2)C(C)=C4CCC(=O)O)c(CCC(=O)O)c3C. The quantitative estimate of drug-likeness (QED) is 0.260. The number of aromatic amines is 2. The smallest absolute Gasteiger partial charge is 0.303 e. The van der Waals surface area contributed by atoms with Gasteiger partial charge in [0.05, 0.1) is 33.9 Å². The molecule has 0 fully saturated rings. The molecule has 5 rings (SSSR count). The Labute approximate surface area is 235 Å². The molecule has 0 spiro atoms. The fourth-order valence-corrected chi connectivity index (χ4v) is 5.46. The zero-order valence-corrected chi connectivity index (χ0v) is 23.3. The van der Waals surface area contributed by atoms with Gasteiger partial charge in [-0.15, -0.1) is 0 Å². The molecule has 6 N–H and O–H groups in total. The van der Waals surface area contributed by atoms with Gasteiger partial charge < -0.3 is 25.9 Å². The van der Waals surface area contributed by atoms with Gasteiger partial charge in [-0.25, -0.2) is 9.97 Å². The van der Waals surface area contributed by atoms with Crippen LogP contribution in [0.4, 0.5) is 0 Å². The van der Waals surface area contributed by atoms with Crippen LogP contribution in [0.2, 0.25) is 0 Å². The number of fused-ring (bicyclic) bond motifs is 8. The van der Waals surface area contributed by atoms with Crippen LogP contribution >= 0.6 is 0 Å². The maximum Gasteiger partial charge on any atom is 0.303 e. The Hall–Kier alpha value is -4.99. The van der Waals surface area contributed by atoms with E-state index in [1.807, 2.05) is 58.0 Å². The molecule has 10 nitrogen and oxygen atoms in total. The van der Waals surface area contributed by atoms with Crippen LogP contribution in [0.1, 0.15) is 82.9 Å². The van der Waals surface area contributed by atoms with E-state index in [4.69, 9.17) is 15.7 Å². The highest BCUT2D eigenvalue weighted by molar-refractivity contribution is 6.06. The van der Waals surface area contributed by atoms with Crippen LogP contribution in [0.5, 0.6) is 0 Å². The number of carbonyl (C=O) groups excluding carboxylic acids is 1. The number of carboxylic acids is 2. The van der Waals surface area contributed by atoms with E-state index in [0.29, 0.717) is 40.2 Å². The summed E-state index contributed by atoms with van der Waals surface area (Å²) in [5.74, 6) is -2.43. The number of nitrogens with two attached hydrogens (primary N) is 1. The van der Waals surface area contributed by atoms with Gasteiger partial charge in [0.25, 0.3) is 5.91 Å². The van der Waals surface area contributed by atoms with Crippen LogP contribution in [-0.2, 0) is 16.0 Å². The lowest BCUT2D eigenvalue weighted by molar-refractivity contribution is -0.137. The highest BCUT2D eigenvalue weighted by atomic mass is 16.4. The number of amides is 1. The molecule has 210 valence electrons. The van der Waals surface area contributed by atoms with Crippen molar-refractivity contribution in [1.82, 2.24) is 19.9 Å². The molecule has 10 heteroatoms. The lowest BCUT2D eigenvalue weighted by Crippen LogP contribution is -2.13. The van der Waals surface area contributed by atoms with Gasteiger partial charge >= 0.3 is 11.9 Å². The first-order chi connectivity index (χ1) is 19.4. The van der Waals surface area contributed by atoms with Crippen molar-refractivity contribution in [1.29, 1.82) is 0 Å². The number of hydrogen-bond donors (Lipinski definition) is 5. The van der Waals surface area contributed by atoms with Gasteiger partial charge in [0.2, 0.25) is 0 Å². The number of H-pyrrole nitrogens is 2. The van der Waals surface area contributed by atoms with Crippen LogP contribution < -0.4 is 5.73 Å². The third-order valence-corrected chi connectivity index (χ3v) is 7.66. The van der Waals surface area contributed by atoms with E-state index >= 15 is 0 Å². The van der Waals surface area contributed by atoms with Gasteiger partial charge in [-0.3, -0.25) is 14.4 Å². The van der Waals surface area contributed by atoms with Gasteiger partial charge in [0.1, 0.15) is 0 Å². The number of hydrogen-bond acceptors (Lipinski definition) is 5. The number of allylic oxidation sites excluding steroid dienone is 3. The number of carbonyl (C=O) groups is 3. The highest BCUT2D eigenvalue weighted by Crippen LogP contribution is 2.35. The predicted molar refractivity (Wildman–Crippen MR) is 158 cm³/mol. The molecule has 2 aliphatic heterocycles. The van der Waals surface area contributed by atoms with Crippen LogP contribution in [0.15, 0.2) is 24.3 Å². The molecule has 8 bridgehead atoms. The first-order valence-electron chi connectivity index (χ1n) is 13.3. The van der Waals surface area contributed by atoms with Gasteiger partial charge in [-0.2, -0.15) is 0 Å². The third-order valence-electron chi connectivity index (χ3n) is 7.66. The number of rotatable bonds is 7. The second-order valence-electron chi connectivity index (χ2n) is 10.5. The molecule has 0 aromatic carbocycles. The number of aryl methyl sites for hydroxylation is 3. The van der Waals surface area contributed by atoms with Gasteiger partial charge in [0.15, 0.2) is 0 Å². The molecule has 0 radical (unpaired) electrons. The normalized spacial score (nSPS) is 12.9. The molecule has 0 saturated carbocycles. The first-order valence-corrected chi connectivity index (χ1v) is 13.3. The van der Waals surface area contributed by atoms with Crippen LogP contribution in [0, 0.1) is 13.8 Å². The average molecular weight is 554 g/mol. The second-order valence-corrected chi connectivity index (χ2v) is 10.5. The Morgan fingerprint density at radius 1 is 0.805 bits per heavy atom. The second kappa shape index (κ2) is 10.5. The molecule has 0 unspecified atom stereocenters. The van der Waals surface area contributed by atoms with E-state index in [9.17, 15) is 24.6 Å². The van der Waals surface area contributed by atoms with E-state index in [-0.39, 0.29) is 24.8 Å². The molecule has 5 heterocycles. The Balaban J connectivity index is 1.93. The number of nitrogens with one attached hydrogen (secondary N) is 2. The summed E-state index contributed by atoms with van der Waals surface area (Å²) in [5, 5.41) is 18.8. The summed E-state index contributed by atoms with van der Waals surface area (Å²) in [4.78, 5) is 52.0.